The lowest BCUT2D eigenvalue weighted by molar-refractivity contribution is -0.171. The standard InChI is InChI=1S/C21H28N2O5/c1-14(2)18-13-27-21(26)23(18)19(24)15(3)17-11-7-8-12-22(17)28-20(25)16-9-5-4-6-10-16/h4-6,9-10,14-15,17-18H,7-8,11-13H2,1-3H3/t15-,17+,18-/m1/s1. The number of hydrogen-bond acceptors (Lipinski definition) is 6. The molecule has 28 heavy (non-hydrogen) atoms. The number of carbonyl (C=O) groups is 3. The number of rotatable bonds is 5. The van der Waals surface area contributed by atoms with E-state index in [-0.39, 0.29) is 30.5 Å². The maximum atomic E-state index is 13.1. The molecular formula is C21H28N2O5. The van der Waals surface area contributed by atoms with Crippen LogP contribution in [0.4, 0.5) is 4.79 Å². The largest absolute Gasteiger partial charge is 0.447 e. The molecule has 0 aromatic heterocycles. The van der Waals surface area contributed by atoms with Crippen LogP contribution in [0.15, 0.2) is 30.3 Å². The van der Waals surface area contributed by atoms with E-state index in [0.717, 1.165) is 19.3 Å². The minimum atomic E-state index is -0.584. The normalized spacial score (nSPS) is 24.1. The predicted octanol–water partition coefficient (Wildman–Crippen LogP) is 3.25. The van der Waals surface area contributed by atoms with Crippen molar-refractivity contribution >= 4 is 18.0 Å². The summed E-state index contributed by atoms with van der Waals surface area (Å²) in [5, 5.41) is 1.62. The molecule has 2 heterocycles. The molecule has 3 rings (SSSR count). The van der Waals surface area contributed by atoms with Gasteiger partial charge >= 0.3 is 12.1 Å². The van der Waals surface area contributed by atoms with Crippen molar-refractivity contribution in [1.29, 1.82) is 0 Å². The Balaban J connectivity index is 1.73. The lowest BCUT2D eigenvalue weighted by Crippen LogP contribution is -2.52. The van der Waals surface area contributed by atoms with E-state index in [0.29, 0.717) is 12.1 Å². The van der Waals surface area contributed by atoms with Crippen LogP contribution >= 0.6 is 0 Å². The van der Waals surface area contributed by atoms with Gasteiger partial charge in [-0.15, -0.1) is 5.06 Å². The van der Waals surface area contributed by atoms with E-state index in [2.05, 4.69) is 0 Å². The number of benzene rings is 1. The molecule has 2 amide bonds. The fourth-order valence-electron chi connectivity index (χ4n) is 3.84. The fraction of sp³-hybridized carbons (Fsp3) is 0.571. The van der Waals surface area contributed by atoms with Gasteiger partial charge in [0, 0.05) is 6.54 Å². The van der Waals surface area contributed by atoms with E-state index in [9.17, 15) is 14.4 Å². The third kappa shape index (κ3) is 4.19. The Bertz CT molecular complexity index is 721. The second-order valence-electron chi connectivity index (χ2n) is 7.83. The Morgan fingerprint density at radius 3 is 2.50 bits per heavy atom. The Labute approximate surface area is 165 Å². The van der Waals surface area contributed by atoms with Gasteiger partial charge in [0.2, 0.25) is 5.91 Å². The number of nitrogens with zero attached hydrogens (tertiary/aromatic N) is 2. The molecule has 3 atom stereocenters. The first-order valence-corrected chi connectivity index (χ1v) is 9.94. The van der Waals surface area contributed by atoms with Crippen molar-refractivity contribution in [3.05, 3.63) is 35.9 Å². The van der Waals surface area contributed by atoms with Crippen molar-refractivity contribution in [1.82, 2.24) is 9.96 Å². The monoisotopic (exact) mass is 388 g/mol. The second kappa shape index (κ2) is 8.73. The molecule has 0 radical (unpaired) electrons. The minimum Gasteiger partial charge on any atom is -0.447 e. The topological polar surface area (TPSA) is 76.2 Å². The highest BCUT2D eigenvalue weighted by Crippen LogP contribution is 2.29. The Morgan fingerprint density at radius 2 is 1.82 bits per heavy atom. The van der Waals surface area contributed by atoms with E-state index < -0.39 is 18.0 Å². The average Bonchev–Trinajstić information content (AvgIpc) is 3.09. The first-order valence-electron chi connectivity index (χ1n) is 9.94. The summed E-state index contributed by atoms with van der Waals surface area (Å²) in [6, 6.07) is 8.26. The molecule has 1 aromatic carbocycles. The van der Waals surface area contributed by atoms with Crippen LogP contribution in [0.5, 0.6) is 0 Å². The summed E-state index contributed by atoms with van der Waals surface area (Å²) in [5.74, 6) is -1.08. The van der Waals surface area contributed by atoms with Crippen LogP contribution < -0.4 is 0 Å². The highest BCUT2D eigenvalue weighted by Gasteiger charge is 2.44. The number of cyclic esters (lactones) is 1. The number of carbonyl (C=O) groups excluding carboxylic acids is 3. The molecule has 0 saturated carbocycles. The van der Waals surface area contributed by atoms with E-state index in [4.69, 9.17) is 9.57 Å². The van der Waals surface area contributed by atoms with Gasteiger partial charge in [0.15, 0.2) is 0 Å². The molecule has 7 nitrogen and oxygen atoms in total. The van der Waals surface area contributed by atoms with Crippen molar-refractivity contribution in [2.24, 2.45) is 11.8 Å². The summed E-state index contributed by atoms with van der Waals surface area (Å²) in [7, 11) is 0. The van der Waals surface area contributed by atoms with Gasteiger partial charge in [-0.1, -0.05) is 45.4 Å². The SMILES string of the molecule is CC(C)[C@H]1COC(=O)N1C(=O)[C@H](C)[C@@H]1CCCCN1OC(=O)c1ccccc1. The van der Waals surface area contributed by atoms with E-state index in [1.807, 2.05) is 19.9 Å². The fourth-order valence-corrected chi connectivity index (χ4v) is 3.84. The Hall–Kier alpha value is -2.41. The molecular weight excluding hydrogens is 360 g/mol. The second-order valence-corrected chi connectivity index (χ2v) is 7.83. The lowest BCUT2D eigenvalue weighted by atomic mass is 9.91. The molecule has 2 aliphatic rings. The molecule has 0 aliphatic carbocycles. The molecule has 0 bridgehead atoms. The number of hydrogen-bond donors (Lipinski definition) is 0. The number of amides is 2. The summed E-state index contributed by atoms with van der Waals surface area (Å²) in [6.07, 6.45) is 1.98. The predicted molar refractivity (Wildman–Crippen MR) is 102 cm³/mol. The summed E-state index contributed by atoms with van der Waals surface area (Å²) in [5.41, 5.74) is 0.466. The molecule has 0 spiro atoms. The quantitative estimate of drug-likeness (QED) is 0.771. The van der Waals surface area contributed by atoms with Gasteiger partial charge < -0.3 is 9.57 Å². The zero-order valence-corrected chi connectivity index (χ0v) is 16.7. The first-order chi connectivity index (χ1) is 13.4. The molecule has 2 fully saturated rings. The van der Waals surface area contributed by atoms with E-state index >= 15 is 0 Å². The van der Waals surface area contributed by atoms with Gasteiger partial charge in [0.05, 0.1) is 23.6 Å². The number of ether oxygens (including phenoxy) is 1. The van der Waals surface area contributed by atoms with Crippen molar-refractivity contribution in [2.75, 3.05) is 13.2 Å². The molecule has 0 N–H and O–H groups in total. The van der Waals surface area contributed by atoms with Crippen LogP contribution in [0.2, 0.25) is 0 Å². The van der Waals surface area contributed by atoms with Gasteiger partial charge in [-0.25, -0.2) is 14.5 Å². The van der Waals surface area contributed by atoms with E-state index in [1.54, 1.807) is 36.3 Å². The summed E-state index contributed by atoms with van der Waals surface area (Å²) >= 11 is 0. The lowest BCUT2D eigenvalue weighted by Gasteiger charge is -2.38. The van der Waals surface area contributed by atoms with Crippen LogP contribution in [-0.4, -0.2) is 53.2 Å². The minimum absolute atomic E-state index is 0.112. The van der Waals surface area contributed by atoms with Gasteiger partial charge in [0.25, 0.3) is 0 Å². The van der Waals surface area contributed by atoms with Crippen molar-refractivity contribution in [2.45, 2.75) is 52.1 Å². The van der Waals surface area contributed by atoms with Crippen LogP contribution in [0.1, 0.15) is 50.4 Å². The molecule has 2 aliphatic heterocycles. The molecule has 1 aromatic rings. The smallest absolute Gasteiger partial charge is 0.416 e. The van der Waals surface area contributed by atoms with Crippen molar-refractivity contribution < 1.29 is 24.0 Å². The molecule has 0 unspecified atom stereocenters. The van der Waals surface area contributed by atoms with Gasteiger partial charge in [-0.05, 0) is 30.9 Å². The number of piperidine rings is 1. The van der Waals surface area contributed by atoms with Crippen LogP contribution in [0.25, 0.3) is 0 Å². The average molecular weight is 388 g/mol. The maximum absolute atomic E-state index is 13.1. The zero-order valence-electron chi connectivity index (χ0n) is 16.7. The summed E-state index contributed by atoms with van der Waals surface area (Å²) in [4.78, 5) is 44.6. The highest BCUT2D eigenvalue weighted by atomic mass is 16.7. The highest BCUT2D eigenvalue weighted by molar-refractivity contribution is 5.95. The van der Waals surface area contributed by atoms with Crippen molar-refractivity contribution in [3.8, 4) is 0 Å². The van der Waals surface area contributed by atoms with Crippen LogP contribution in [-0.2, 0) is 14.4 Å². The maximum Gasteiger partial charge on any atom is 0.416 e. The third-order valence-electron chi connectivity index (χ3n) is 5.59. The molecule has 2 saturated heterocycles. The van der Waals surface area contributed by atoms with Gasteiger partial charge in [-0.3, -0.25) is 4.79 Å². The number of hydroxylamine groups is 2. The van der Waals surface area contributed by atoms with Crippen molar-refractivity contribution in [3.63, 3.8) is 0 Å². The van der Waals surface area contributed by atoms with Gasteiger partial charge in [0.1, 0.15) is 6.61 Å². The molecule has 152 valence electrons. The first kappa shape index (κ1) is 20.3. The number of imide groups is 1. The van der Waals surface area contributed by atoms with Gasteiger partial charge in [-0.2, -0.15) is 0 Å². The van der Waals surface area contributed by atoms with Crippen LogP contribution in [0.3, 0.4) is 0 Å². The van der Waals surface area contributed by atoms with Crippen LogP contribution in [0, 0.1) is 11.8 Å². The summed E-state index contributed by atoms with van der Waals surface area (Å²) in [6.45, 7) is 6.52. The summed E-state index contributed by atoms with van der Waals surface area (Å²) < 4.78 is 5.11. The third-order valence-corrected chi connectivity index (χ3v) is 5.59. The molecule has 7 heteroatoms. The Kier molecular flexibility index (Phi) is 6.34. The van der Waals surface area contributed by atoms with E-state index in [1.165, 1.54) is 4.90 Å². The Morgan fingerprint density at radius 1 is 1.11 bits per heavy atom. The zero-order chi connectivity index (χ0) is 20.3.